The smallest absolute Gasteiger partial charge is 0.348 e. The lowest BCUT2D eigenvalue weighted by Gasteiger charge is -2.08. The average Bonchev–Trinajstić information content (AvgIpc) is 2.48. The van der Waals surface area contributed by atoms with Gasteiger partial charge in [0.25, 0.3) is 0 Å². The van der Waals surface area contributed by atoms with Crippen molar-refractivity contribution in [2.24, 2.45) is 0 Å². The minimum Gasteiger partial charge on any atom is -0.497 e. The van der Waals surface area contributed by atoms with Crippen LogP contribution in [0.5, 0.6) is 5.75 Å². The number of rotatable bonds is 3. The van der Waals surface area contributed by atoms with Crippen LogP contribution in [0.3, 0.4) is 0 Å². The SMILES string of the molecule is COc1ccc(N)c(C(=O)OC(=O)c2ccccc2N)c1. The molecule has 0 saturated heterocycles. The van der Waals surface area contributed by atoms with E-state index >= 15 is 0 Å². The number of hydrogen-bond acceptors (Lipinski definition) is 6. The van der Waals surface area contributed by atoms with Crippen LogP contribution in [-0.4, -0.2) is 19.0 Å². The molecule has 0 bridgehead atoms. The molecule has 6 nitrogen and oxygen atoms in total. The third-order valence-electron chi connectivity index (χ3n) is 2.85. The molecule has 2 aromatic carbocycles. The molecule has 0 heterocycles. The molecular formula is C15H14N2O4. The molecule has 0 atom stereocenters. The molecule has 21 heavy (non-hydrogen) atoms. The standard InChI is InChI=1S/C15H14N2O4/c1-20-9-6-7-13(17)11(8-9)15(19)21-14(18)10-4-2-3-5-12(10)16/h2-8H,16-17H2,1H3. The monoisotopic (exact) mass is 286 g/mol. The van der Waals surface area contributed by atoms with Crippen molar-refractivity contribution in [2.45, 2.75) is 0 Å². The Morgan fingerprint density at radius 3 is 2.19 bits per heavy atom. The summed E-state index contributed by atoms with van der Waals surface area (Å²) in [5.74, 6) is -1.26. The molecule has 0 aliphatic carbocycles. The van der Waals surface area contributed by atoms with Crippen molar-refractivity contribution >= 4 is 23.3 Å². The minimum absolute atomic E-state index is 0.0530. The molecule has 6 heteroatoms. The van der Waals surface area contributed by atoms with Crippen molar-refractivity contribution in [3.8, 4) is 5.75 Å². The van der Waals surface area contributed by atoms with Crippen LogP contribution in [0.1, 0.15) is 20.7 Å². The lowest BCUT2D eigenvalue weighted by molar-refractivity contribution is 0.0399. The van der Waals surface area contributed by atoms with Gasteiger partial charge < -0.3 is 20.9 Å². The number of hydrogen-bond donors (Lipinski definition) is 2. The third kappa shape index (κ3) is 3.11. The number of nitrogen functional groups attached to an aromatic ring is 2. The second-order valence-corrected chi connectivity index (χ2v) is 4.22. The molecule has 0 amide bonds. The van der Waals surface area contributed by atoms with E-state index in [9.17, 15) is 9.59 Å². The van der Waals surface area contributed by atoms with Crippen LogP contribution in [0.15, 0.2) is 42.5 Å². The molecular weight excluding hydrogens is 272 g/mol. The molecule has 2 rings (SSSR count). The Labute approximate surface area is 121 Å². The quantitative estimate of drug-likeness (QED) is 0.507. The maximum atomic E-state index is 12.0. The zero-order valence-electron chi connectivity index (χ0n) is 11.3. The topological polar surface area (TPSA) is 105 Å². The minimum atomic E-state index is -0.861. The first kappa shape index (κ1) is 14.4. The number of carbonyl (C=O) groups is 2. The Hall–Kier alpha value is -3.02. The summed E-state index contributed by atoms with van der Waals surface area (Å²) in [5.41, 5.74) is 11.9. The zero-order chi connectivity index (χ0) is 15.4. The summed E-state index contributed by atoms with van der Waals surface area (Å²) in [5, 5.41) is 0. The van der Waals surface area contributed by atoms with Gasteiger partial charge in [-0.05, 0) is 30.3 Å². The summed E-state index contributed by atoms with van der Waals surface area (Å²) in [4.78, 5) is 23.9. The summed E-state index contributed by atoms with van der Waals surface area (Å²) in [7, 11) is 1.45. The van der Waals surface area contributed by atoms with Crippen molar-refractivity contribution in [3.05, 3.63) is 53.6 Å². The number of nitrogens with two attached hydrogens (primary N) is 2. The van der Waals surface area contributed by atoms with Gasteiger partial charge in [0, 0.05) is 11.4 Å². The van der Waals surface area contributed by atoms with Gasteiger partial charge in [-0.1, -0.05) is 12.1 Å². The number of anilines is 2. The van der Waals surface area contributed by atoms with E-state index in [2.05, 4.69) is 0 Å². The number of para-hydroxylation sites is 1. The van der Waals surface area contributed by atoms with E-state index in [1.165, 1.54) is 25.3 Å². The number of ether oxygens (including phenoxy) is 2. The lowest BCUT2D eigenvalue weighted by Crippen LogP contribution is -2.15. The predicted octanol–water partition coefficient (Wildman–Crippen LogP) is 1.86. The van der Waals surface area contributed by atoms with Gasteiger partial charge in [-0.3, -0.25) is 0 Å². The van der Waals surface area contributed by atoms with Gasteiger partial charge in [-0.2, -0.15) is 0 Å². The van der Waals surface area contributed by atoms with Gasteiger partial charge in [0.05, 0.1) is 18.2 Å². The number of benzene rings is 2. The summed E-state index contributed by atoms with van der Waals surface area (Å²) < 4.78 is 9.79. The Morgan fingerprint density at radius 1 is 0.905 bits per heavy atom. The van der Waals surface area contributed by atoms with E-state index < -0.39 is 11.9 Å². The Bertz CT molecular complexity index is 698. The highest BCUT2D eigenvalue weighted by molar-refractivity contribution is 6.06. The fraction of sp³-hybridized carbons (Fsp3) is 0.0667. The second-order valence-electron chi connectivity index (χ2n) is 4.22. The van der Waals surface area contributed by atoms with Crippen LogP contribution in [0.25, 0.3) is 0 Å². The van der Waals surface area contributed by atoms with Crippen LogP contribution in [-0.2, 0) is 4.74 Å². The summed E-state index contributed by atoms with van der Waals surface area (Å²) in [6.45, 7) is 0. The summed E-state index contributed by atoms with van der Waals surface area (Å²) >= 11 is 0. The number of methoxy groups -OCH3 is 1. The number of carbonyl (C=O) groups excluding carboxylic acids is 2. The molecule has 4 N–H and O–H groups in total. The highest BCUT2D eigenvalue weighted by Gasteiger charge is 2.19. The summed E-state index contributed by atoms with van der Waals surface area (Å²) in [6, 6.07) is 10.8. The first-order chi connectivity index (χ1) is 10.0. The fourth-order valence-corrected chi connectivity index (χ4v) is 1.72. The Morgan fingerprint density at radius 2 is 1.52 bits per heavy atom. The van der Waals surface area contributed by atoms with Gasteiger partial charge in [0.2, 0.25) is 0 Å². The molecule has 0 aromatic heterocycles. The van der Waals surface area contributed by atoms with Gasteiger partial charge in [0.15, 0.2) is 0 Å². The molecule has 0 aliphatic heterocycles. The van der Waals surface area contributed by atoms with Crippen molar-refractivity contribution in [3.63, 3.8) is 0 Å². The Kier molecular flexibility index (Phi) is 4.08. The van der Waals surface area contributed by atoms with Gasteiger partial charge in [0.1, 0.15) is 5.75 Å². The predicted molar refractivity (Wildman–Crippen MR) is 78.0 cm³/mol. The third-order valence-corrected chi connectivity index (χ3v) is 2.85. The highest BCUT2D eigenvalue weighted by Crippen LogP contribution is 2.21. The van der Waals surface area contributed by atoms with Crippen LogP contribution in [0.2, 0.25) is 0 Å². The van der Waals surface area contributed by atoms with Crippen LogP contribution >= 0.6 is 0 Å². The molecule has 108 valence electrons. The maximum absolute atomic E-state index is 12.0. The van der Waals surface area contributed by atoms with Crippen LogP contribution in [0.4, 0.5) is 11.4 Å². The molecule has 0 unspecified atom stereocenters. The first-order valence-electron chi connectivity index (χ1n) is 6.07. The van der Waals surface area contributed by atoms with Gasteiger partial charge in [-0.25, -0.2) is 9.59 Å². The first-order valence-corrected chi connectivity index (χ1v) is 6.07. The lowest BCUT2D eigenvalue weighted by atomic mass is 10.1. The van der Waals surface area contributed by atoms with Crippen molar-refractivity contribution < 1.29 is 19.1 Å². The highest BCUT2D eigenvalue weighted by atomic mass is 16.6. The Balaban J connectivity index is 2.22. The molecule has 2 aromatic rings. The molecule has 0 aliphatic rings. The fourth-order valence-electron chi connectivity index (χ4n) is 1.72. The zero-order valence-corrected chi connectivity index (χ0v) is 11.3. The van der Waals surface area contributed by atoms with Crippen LogP contribution in [0, 0.1) is 0 Å². The van der Waals surface area contributed by atoms with Crippen molar-refractivity contribution in [2.75, 3.05) is 18.6 Å². The molecule has 0 saturated carbocycles. The normalized spacial score (nSPS) is 9.95. The van der Waals surface area contributed by atoms with Crippen LogP contribution < -0.4 is 16.2 Å². The van der Waals surface area contributed by atoms with E-state index in [1.54, 1.807) is 24.3 Å². The van der Waals surface area contributed by atoms with Crippen molar-refractivity contribution in [1.82, 2.24) is 0 Å². The van der Waals surface area contributed by atoms with E-state index in [4.69, 9.17) is 20.9 Å². The maximum Gasteiger partial charge on any atom is 0.348 e. The second kappa shape index (κ2) is 5.96. The number of esters is 2. The average molecular weight is 286 g/mol. The molecule has 0 fully saturated rings. The van der Waals surface area contributed by atoms with E-state index in [1.807, 2.05) is 0 Å². The van der Waals surface area contributed by atoms with E-state index in [-0.39, 0.29) is 22.5 Å². The molecule has 0 spiro atoms. The van der Waals surface area contributed by atoms with E-state index in [0.29, 0.717) is 5.75 Å². The van der Waals surface area contributed by atoms with Crippen molar-refractivity contribution in [1.29, 1.82) is 0 Å². The van der Waals surface area contributed by atoms with Gasteiger partial charge >= 0.3 is 11.9 Å². The van der Waals surface area contributed by atoms with Gasteiger partial charge in [-0.15, -0.1) is 0 Å². The largest absolute Gasteiger partial charge is 0.497 e. The van der Waals surface area contributed by atoms with E-state index in [0.717, 1.165) is 0 Å². The molecule has 0 radical (unpaired) electrons. The summed E-state index contributed by atoms with van der Waals surface area (Å²) in [6.07, 6.45) is 0.